The number of esters is 1. The topological polar surface area (TPSA) is 66.9 Å². The number of hydrogen-bond acceptors (Lipinski definition) is 4. The predicted octanol–water partition coefficient (Wildman–Crippen LogP) is 2.85. The molecular formula is C22H28N2O4. The summed E-state index contributed by atoms with van der Waals surface area (Å²) in [5.41, 5.74) is 1.90. The van der Waals surface area contributed by atoms with E-state index < -0.39 is 5.97 Å². The molecule has 0 spiro atoms. The molecule has 2 aliphatic rings. The molecular weight excluding hydrogens is 356 g/mol. The van der Waals surface area contributed by atoms with Gasteiger partial charge in [0.25, 0.3) is 0 Å². The van der Waals surface area contributed by atoms with E-state index in [1.807, 2.05) is 35.2 Å². The molecule has 0 aliphatic carbocycles. The van der Waals surface area contributed by atoms with Crippen LogP contribution in [0.3, 0.4) is 0 Å². The maximum Gasteiger partial charge on any atom is 0.336 e. The first-order valence-electron chi connectivity index (χ1n) is 10.0. The van der Waals surface area contributed by atoms with Gasteiger partial charge in [0.1, 0.15) is 6.54 Å². The Bertz CT molecular complexity index is 766. The Labute approximate surface area is 166 Å². The van der Waals surface area contributed by atoms with Crippen LogP contribution in [0.5, 0.6) is 0 Å². The first-order valence-corrected chi connectivity index (χ1v) is 10.0. The van der Waals surface area contributed by atoms with E-state index in [-0.39, 0.29) is 37.3 Å². The van der Waals surface area contributed by atoms with Crippen LogP contribution in [0.4, 0.5) is 0 Å². The van der Waals surface area contributed by atoms with Gasteiger partial charge in [0.15, 0.2) is 0 Å². The number of rotatable bonds is 5. The van der Waals surface area contributed by atoms with Crippen LogP contribution in [0.15, 0.2) is 41.6 Å². The summed E-state index contributed by atoms with van der Waals surface area (Å²) in [6.07, 6.45) is 3.29. The van der Waals surface area contributed by atoms with E-state index in [0.717, 1.165) is 37.9 Å². The maximum atomic E-state index is 12.9. The highest BCUT2D eigenvalue weighted by Crippen LogP contribution is 2.37. The van der Waals surface area contributed by atoms with Crippen molar-refractivity contribution in [2.75, 3.05) is 26.2 Å². The average Bonchev–Trinajstić information content (AvgIpc) is 2.72. The second kappa shape index (κ2) is 9.04. The van der Waals surface area contributed by atoms with Crippen molar-refractivity contribution in [2.24, 2.45) is 0 Å². The smallest absolute Gasteiger partial charge is 0.336 e. The third-order valence-electron chi connectivity index (χ3n) is 5.52. The summed E-state index contributed by atoms with van der Waals surface area (Å²) >= 11 is 0. The number of benzene rings is 1. The molecule has 1 fully saturated rings. The lowest BCUT2D eigenvalue weighted by Crippen LogP contribution is -2.46. The Morgan fingerprint density at radius 1 is 1.11 bits per heavy atom. The van der Waals surface area contributed by atoms with Crippen LogP contribution in [-0.4, -0.2) is 53.8 Å². The summed E-state index contributed by atoms with van der Waals surface area (Å²) in [6.45, 7) is 5.22. The molecule has 3 rings (SSSR count). The highest BCUT2D eigenvalue weighted by molar-refractivity contribution is 5.97. The van der Waals surface area contributed by atoms with Crippen molar-refractivity contribution < 1.29 is 19.1 Å². The molecule has 0 aromatic heterocycles. The van der Waals surface area contributed by atoms with E-state index in [0.29, 0.717) is 11.3 Å². The lowest BCUT2D eigenvalue weighted by atomic mass is 9.83. The molecule has 0 bridgehead atoms. The number of hydrogen-bond donors (Lipinski definition) is 0. The van der Waals surface area contributed by atoms with Crippen LogP contribution in [0.1, 0.15) is 51.0 Å². The number of nitrogens with zero attached hydrogens (tertiary/aromatic N) is 2. The third kappa shape index (κ3) is 4.26. The first kappa shape index (κ1) is 20.1. The molecule has 0 N–H and O–H groups in total. The first-order chi connectivity index (χ1) is 13.5. The van der Waals surface area contributed by atoms with E-state index in [1.54, 1.807) is 13.8 Å². The predicted molar refractivity (Wildman–Crippen MR) is 105 cm³/mol. The minimum absolute atomic E-state index is 0.0188. The van der Waals surface area contributed by atoms with Gasteiger partial charge >= 0.3 is 5.97 Å². The van der Waals surface area contributed by atoms with Crippen molar-refractivity contribution >= 4 is 17.8 Å². The zero-order valence-corrected chi connectivity index (χ0v) is 16.6. The van der Waals surface area contributed by atoms with E-state index >= 15 is 0 Å². The minimum Gasteiger partial charge on any atom is -0.463 e. The Balaban J connectivity index is 1.90. The lowest BCUT2D eigenvalue weighted by Gasteiger charge is -2.36. The maximum absolute atomic E-state index is 12.9. The lowest BCUT2D eigenvalue weighted by molar-refractivity contribution is -0.142. The largest absolute Gasteiger partial charge is 0.463 e. The van der Waals surface area contributed by atoms with Gasteiger partial charge in [0, 0.05) is 31.1 Å². The van der Waals surface area contributed by atoms with Crippen LogP contribution in [0.2, 0.25) is 0 Å². The average molecular weight is 384 g/mol. The number of carbonyl (C=O) groups is 3. The molecule has 1 saturated heterocycles. The summed E-state index contributed by atoms with van der Waals surface area (Å²) in [7, 11) is 0. The molecule has 1 unspecified atom stereocenters. The number of likely N-dealkylation sites (tertiary alicyclic amines) is 1. The highest BCUT2D eigenvalue weighted by atomic mass is 16.5. The van der Waals surface area contributed by atoms with Gasteiger partial charge in [-0.25, -0.2) is 4.79 Å². The molecule has 1 atom stereocenters. The molecule has 150 valence electrons. The fraction of sp³-hybridized carbons (Fsp3) is 0.500. The van der Waals surface area contributed by atoms with Gasteiger partial charge in [0.2, 0.25) is 11.8 Å². The summed E-state index contributed by atoms with van der Waals surface area (Å²) in [5.74, 6) is -0.968. The number of allylic oxidation sites excluding steroid dienone is 1. The second-order valence-corrected chi connectivity index (χ2v) is 7.31. The molecule has 2 heterocycles. The van der Waals surface area contributed by atoms with Gasteiger partial charge in [-0.1, -0.05) is 30.3 Å². The molecule has 6 nitrogen and oxygen atoms in total. The van der Waals surface area contributed by atoms with Crippen LogP contribution >= 0.6 is 0 Å². The van der Waals surface area contributed by atoms with Crippen molar-refractivity contribution in [1.29, 1.82) is 0 Å². The van der Waals surface area contributed by atoms with Gasteiger partial charge in [-0.15, -0.1) is 0 Å². The number of amides is 2. The van der Waals surface area contributed by atoms with Crippen LogP contribution in [0, 0.1) is 0 Å². The Morgan fingerprint density at radius 2 is 1.79 bits per heavy atom. The summed E-state index contributed by atoms with van der Waals surface area (Å²) in [6, 6.07) is 9.52. The summed E-state index contributed by atoms with van der Waals surface area (Å²) in [4.78, 5) is 41.6. The molecule has 6 heteroatoms. The Kier molecular flexibility index (Phi) is 6.49. The van der Waals surface area contributed by atoms with Crippen molar-refractivity contribution in [3.8, 4) is 0 Å². The molecule has 0 radical (unpaired) electrons. The van der Waals surface area contributed by atoms with Crippen LogP contribution in [-0.2, 0) is 19.1 Å². The van der Waals surface area contributed by atoms with E-state index in [2.05, 4.69) is 0 Å². The molecule has 1 aromatic carbocycles. The van der Waals surface area contributed by atoms with Crippen LogP contribution in [0.25, 0.3) is 0 Å². The zero-order valence-electron chi connectivity index (χ0n) is 16.6. The van der Waals surface area contributed by atoms with Gasteiger partial charge in [-0.3, -0.25) is 9.59 Å². The number of carbonyl (C=O) groups excluding carboxylic acids is 3. The van der Waals surface area contributed by atoms with Gasteiger partial charge in [0.05, 0.1) is 12.2 Å². The zero-order chi connectivity index (χ0) is 20.1. The van der Waals surface area contributed by atoms with Crippen molar-refractivity contribution in [2.45, 2.75) is 45.4 Å². The fourth-order valence-corrected chi connectivity index (χ4v) is 4.03. The van der Waals surface area contributed by atoms with Gasteiger partial charge in [-0.2, -0.15) is 0 Å². The summed E-state index contributed by atoms with van der Waals surface area (Å²) < 4.78 is 5.28. The standard InChI is InChI=1S/C22H28N2O4/c1-3-28-22(27)21-16(2)24(15-20(26)23-12-8-5-9-13-23)19(25)14-18(21)17-10-6-4-7-11-17/h4,6-7,10-11,18H,3,5,8-9,12-15H2,1-2H3. The Hall–Kier alpha value is -2.63. The van der Waals surface area contributed by atoms with Gasteiger partial charge in [-0.05, 0) is 38.7 Å². The van der Waals surface area contributed by atoms with E-state index in [1.165, 1.54) is 4.90 Å². The molecule has 28 heavy (non-hydrogen) atoms. The SMILES string of the molecule is CCOC(=O)C1=C(C)N(CC(=O)N2CCCCC2)C(=O)CC1c1ccccc1. The van der Waals surface area contributed by atoms with E-state index in [9.17, 15) is 14.4 Å². The quantitative estimate of drug-likeness (QED) is 0.732. The van der Waals surface area contributed by atoms with Crippen molar-refractivity contribution in [1.82, 2.24) is 9.80 Å². The molecule has 1 aromatic rings. The number of ether oxygens (including phenoxy) is 1. The monoisotopic (exact) mass is 384 g/mol. The van der Waals surface area contributed by atoms with Gasteiger partial charge < -0.3 is 14.5 Å². The number of piperidine rings is 1. The van der Waals surface area contributed by atoms with E-state index in [4.69, 9.17) is 4.74 Å². The summed E-state index contributed by atoms with van der Waals surface area (Å²) in [5, 5.41) is 0. The third-order valence-corrected chi connectivity index (χ3v) is 5.52. The van der Waals surface area contributed by atoms with Crippen LogP contribution < -0.4 is 0 Å². The normalized spacial score (nSPS) is 20.4. The van der Waals surface area contributed by atoms with Crippen molar-refractivity contribution in [3.63, 3.8) is 0 Å². The fourth-order valence-electron chi connectivity index (χ4n) is 4.03. The molecule has 2 amide bonds. The van der Waals surface area contributed by atoms with Crippen molar-refractivity contribution in [3.05, 3.63) is 47.2 Å². The molecule has 0 saturated carbocycles. The molecule has 2 aliphatic heterocycles. The Morgan fingerprint density at radius 3 is 2.43 bits per heavy atom. The second-order valence-electron chi connectivity index (χ2n) is 7.31. The highest BCUT2D eigenvalue weighted by Gasteiger charge is 2.38. The minimum atomic E-state index is -0.420.